The summed E-state index contributed by atoms with van der Waals surface area (Å²) in [6.45, 7) is 1.32. The van der Waals surface area contributed by atoms with Gasteiger partial charge in [-0.15, -0.1) is 0 Å². The normalized spacial score (nSPS) is 12.6. The molecule has 2 N–H and O–H groups in total. The third kappa shape index (κ3) is 5.07. The highest BCUT2D eigenvalue weighted by Gasteiger charge is 2.10. The van der Waals surface area contributed by atoms with Gasteiger partial charge in [-0.25, -0.2) is 0 Å². The van der Waals surface area contributed by atoms with E-state index in [0.29, 0.717) is 31.3 Å². The lowest BCUT2D eigenvalue weighted by Gasteiger charge is -2.18. The fourth-order valence-corrected chi connectivity index (χ4v) is 2.33. The molecule has 0 saturated heterocycles. The predicted molar refractivity (Wildman–Crippen MR) is 95.6 cm³/mol. The maximum atomic E-state index is 11.8. The number of carbonyl (C=O) groups is 2. The van der Waals surface area contributed by atoms with Crippen LogP contribution >= 0.6 is 0 Å². The lowest BCUT2D eigenvalue weighted by molar-refractivity contribution is -0.124. The second-order valence-electron chi connectivity index (χ2n) is 5.59. The first kappa shape index (κ1) is 17.5. The van der Waals surface area contributed by atoms with Crippen LogP contribution in [0.1, 0.15) is 11.1 Å². The van der Waals surface area contributed by atoms with Gasteiger partial charge in [0.15, 0.2) is 11.5 Å². The van der Waals surface area contributed by atoms with Crippen LogP contribution in [0.25, 0.3) is 6.08 Å². The molecule has 1 aromatic heterocycles. The number of amides is 2. The molecule has 0 radical (unpaired) electrons. The van der Waals surface area contributed by atoms with Crippen LogP contribution in [-0.4, -0.2) is 36.6 Å². The van der Waals surface area contributed by atoms with Crippen LogP contribution in [0.3, 0.4) is 0 Å². The molecule has 134 valence electrons. The maximum absolute atomic E-state index is 11.8. The monoisotopic (exact) mass is 353 g/mol. The largest absolute Gasteiger partial charge is 0.486 e. The van der Waals surface area contributed by atoms with E-state index in [0.717, 1.165) is 11.1 Å². The van der Waals surface area contributed by atoms with E-state index in [1.54, 1.807) is 36.7 Å². The Hall–Kier alpha value is -3.35. The van der Waals surface area contributed by atoms with Crippen molar-refractivity contribution >= 4 is 17.9 Å². The van der Waals surface area contributed by atoms with Crippen LogP contribution in [-0.2, 0) is 16.1 Å². The molecule has 0 atom stereocenters. The van der Waals surface area contributed by atoms with Crippen LogP contribution in [0.4, 0.5) is 0 Å². The minimum Gasteiger partial charge on any atom is -0.486 e. The summed E-state index contributed by atoms with van der Waals surface area (Å²) in [5.74, 6) is 0.739. The summed E-state index contributed by atoms with van der Waals surface area (Å²) >= 11 is 0. The van der Waals surface area contributed by atoms with Crippen molar-refractivity contribution in [2.75, 3.05) is 19.8 Å². The van der Waals surface area contributed by atoms with Crippen molar-refractivity contribution in [2.45, 2.75) is 6.54 Å². The molecular formula is C19H19N3O4. The molecule has 1 aliphatic rings. The maximum Gasteiger partial charge on any atom is 0.244 e. The Morgan fingerprint density at radius 3 is 2.77 bits per heavy atom. The molecular weight excluding hydrogens is 334 g/mol. The average Bonchev–Trinajstić information content (AvgIpc) is 2.69. The van der Waals surface area contributed by atoms with Crippen LogP contribution < -0.4 is 20.1 Å². The molecule has 2 amide bonds. The number of fused-ring (bicyclic) bond motifs is 1. The fourth-order valence-electron chi connectivity index (χ4n) is 2.33. The lowest BCUT2D eigenvalue weighted by atomic mass is 10.2. The van der Waals surface area contributed by atoms with Crippen LogP contribution in [0.5, 0.6) is 11.5 Å². The third-order valence-electron chi connectivity index (χ3n) is 3.63. The molecule has 0 aliphatic carbocycles. The highest BCUT2D eigenvalue weighted by atomic mass is 16.6. The summed E-state index contributed by atoms with van der Waals surface area (Å²) in [4.78, 5) is 27.6. The Morgan fingerprint density at radius 1 is 1.12 bits per heavy atom. The van der Waals surface area contributed by atoms with Gasteiger partial charge >= 0.3 is 0 Å². The summed E-state index contributed by atoms with van der Waals surface area (Å²) in [5.41, 5.74) is 1.70. The van der Waals surface area contributed by atoms with Gasteiger partial charge in [-0.2, -0.15) is 0 Å². The number of pyridine rings is 1. The number of hydrogen-bond acceptors (Lipinski definition) is 5. The standard InChI is InChI=1S/C19H19N3O4/c23-18(22-13-19(24)21-12-15-2-1-7-20-11-15)6-4-14-3-5-16-17(10-14)26-9-8-25-16/h1-7,10-11H,8-9,12-13H2,(H,21,24)(H,22,23)/b6-4+. The summed E-state index contributed by atoms with van der Waals surface area (Å²) in [6.07, 6.45) is 6.37. The van der Waals surface area contributed by atoms with E-state index in [1.165, 1.54) is 6.08 Å². The summed E-state index contributed by atoms with van der Waals surface area (Å²) in [6, 6.07) is 9.10. The van der Waals surface area contributed by atoms with Crippen LogP contribution in [0.15, 0.2) is 48.8 Å². The number of hydrogen-bond donors (Lipinski definition) is 2. The van der Waals surface area contributed by atoms with Gasteiger partial charge in [-0.05, 0) is 35.4 Å². The number of ether oxygens (including phenoxy) is 2. The summed E-state index contributed by atoms with van der Waals surface area (Å²) in [5, 5.41) is 5.26. The van der Waals surface area contributed by atoms with Crippen LogP contribution in [0, 0.1) is 0 Å². The first-order valence-corrected chi connectivity index (χ1v) is 8.22. The van der Waals surface area contributed by atoms with Crippen molar-refractivity contribution in [2.24, 2.45) is 0 Å². The van der Waals surface area contributed by atoms with Gasteiger partial charge in [0, 0.05) is 25.0 Å². The smallest absolute Gasteiger partial charge is 0.244 e. The molecule has 2 heterocycles. The van der Waals surface area contributed by atoms with Crippen molar-refractivity contribution in [1.82, 2.24) is 15.6 Å². The van der Waals surface area contributed by atoms with Crippen molar-refractivity contribution in [1.29, 1.82) is 0 Å². The van der Waals surface area contributed by atoms with E-state index in [2.05, 4.69) is 15.6 Å². The van der Waals surface area contributed by atoms with E-state index >= 15 is 0 Å². The minimum absolute atomic E-state index is 0.0927. The molecule has 26 heavy (non-hydrogen) atoms. The van der Waals surface area contributed by atoms with Crippen molar-refractivity contribution in [3.63, 3.8) is 0 Å². The van der Waals surface area contributed by atoms with E-state index < -0.39 is 0 Å². The molecule has 7 heteroatoms. The predicted octanol–water partition coefficient (Wildman–Crippen LogP) is 1.30. The number of aromatic nitrogens is 1. The number of benzene rings is 1. The van der Waals surface area contributed by atoms with Gasteiger partial charge in [0.2, 0.25) is 11.8 Å². The summed E-state index contributed by atoms with van der Waals surface area (Å²) in [7, 11) is 0. The Balaban J connectivity index is 1.43. The van der Waals surface area contributed by atoms with Crippen molar-refractivity contribution in [3.8, 4) is 11.5 Å². The Labute approximate surface area is 151 Å². The summed E-state index contributed by atoms with van der Waals surface area (Å²) < 4.78 is 10.9. The van der Waals surface area contributed by atoms with Gasteiger partial charge < -0.3 is 20.1 Å². The number of rotatable bonds is 6. The van der Waals surface area contributed by atoms with Crippen LogP contribution in [0.2, 0.25) is 0 Å². The number of nitrogens with zero attached hydrogens (tertiary/aromatic N) is 1. The molecule has 2 aromatic rings. The lowest BCUT2D eigenvalue weighted by Crippen LogP contribution is -2.35. The average molecular weight is 353 g/mol. The first-order valence-electron chi connectivity index (χ1n) is 8.22. The second kappa shape index (κ2) is 8.66. The highest BCUT2D eigenvalue weighted by Crippen LogP contribution is 2.30. The SMILES string of the molecule is O=C(/C=C/c1ccc2c(c1)OCCO2)NCC(=O)NCc1cccnc1. The molecule has 0 spiro atoms. The first-order chi connectivity index (χ1) is 12.7. The second-order valence-corrected chi connectivity index (χ2v) is 5.59. The number of carbonyl (C=O) groups excluding carboxylic acids is 2. The van der Waals surface area contributed by atoms with Gasteiger partial charge in [-0.3, -0.25) is 14.6 Å². The van der Waals surface area contributed by atoms with E-state index in [4.69, 9.17) is 9.47 Å². The molecule has 0 saturated carbocycles. The van der Waals surface area contributed by atoms with Gasteiger partial charge in [0.1, 0.15) is 13.2 Å². The van der Waals surface area contributed by atoms with Gasteiger partial charge in [-0.1, -0.05) is 12.1 Å². The molecule has 0 bridgehead atoms. The zero-order valence-electron chi connectivity index (χ0n) is 14.1. The minimum atomic E-state index is -0.351. The number of nitrogens with one attached hydrogen (secondary N) is 2. The zero-order valence-corrected chi connectivity index (χ0v) is 14.1. The molecule has 0 fully saturated rings. The van der Waals surface area contributed by atoms with Gasteiger partial charge in [0.05, 0.1) is 6.54 Å². The molecule has 0 unspecified atom stereocenters. The molecule has 7 nitrogen and oxygen atoms in total. The van der Waals surface area contributed by atoms with Crippen molar-refractivity contribution in [3.05, 3.63) is 59.9 Å². The van der Waals surface area contributed by atoms with E-state index in [-0.39, 0.29) is 18.4 Å². The highest BCUT2D eigenvalue weighted by molar-refractivity contribution is 5.94. The van der Waals surface area contributed by atoms with E-state index in [9.17, 15) is 9.59 Å². The Bertz CT molecular complexity index is 806. The fraction of sp³-hybridized carbons (Fsp3) is 0.211. The molecule has 1 aliphatic heterocycles. The molecule has 1 aromatic carbocycles. The Morgan fingerprint density at radius 2 is 1.96 bits per heavy atom. The molecule has 3 rings (SSSR count). The zero-order chi connectivity index (χ0) is 18.2. The third-order valence-corrected chi connectivity index (χ3v) is 3.63. The Kier molecular flexibility index (Phi) is 5.82. The van der Waals surface area contributed by atoms with Gasteiger partial charge in [0.25, 0.3) is 0 Å². The quantitative estimate of drug-likeness (QED) is 0.764. The van der Waals surface area contributed by atoms with E-state index in [1.807, 2.05) is 12.1 Å². The van der Waals surface area contributed by atoms with Crippen molar-refractivity contribution < 1.29 is 19.1 Å². The topological polar surface area (TPSA) is 89.5 Å².